The highest BCUT2D eigenvalue weighted by molar-refractivity contribution is 7.80. The van der Waals surface area contributed by atoms with Crippen LogP contribution in [0.4, 0.5) is 4.79 Å². The van der Waals surface area contributed by atoms with Crippen LogP contribution in [0.15, 0.2) is 23.0 Å². The van der Waals surface area contributed by atoms with Crippen molar-refractivity contribution < 1.29 is 36.1 Å². The fraction of sp³-hybridized carbons (Fsp3) is 0.417. The van der Waals surface area contributed by atoms with Crippen LogP contribution in [0.5, 0.6) is 0 Å². The molecule has 0 saturated carbocycles. The van der Waals surface area contributed by atoms with Gasteiger partial charge in [-0.15, -0.1) is 4.28 Å². The number of carbonyl (C=O) groups is 3. The maximum Gasteiger partial charge on any atom is 0.418 e. The lowest BCUT2D eigenvalue weighted by atomic mass is 10.00. The predicted molar refractivity (Wildman–Crippen MR) is 77.5 cm³/mol. The van der Waals surface area contributed by atoms with Crippen molar-refractivity contribution >= 4 is 28.2 Å². The van der Waals surface area contributed by atoms with E-state index in [0.29, 0.717) is 10.1 Å². The number of urea groups is 1. The van der Waals surface area contributed by atoms with E-state index in [1.54, 1.807) is 0 Å². The molecule has 0 radical (unpaired) electrons. The first-order valence-electron chi connectivity index (χ1n) is 7.11. The Morgan fingerprint density at radius 2 is 2.12 bits per heavy atom. The van der Waals surface area contributed by atoms with E-state index >= 15 is 0 Å². The molecule has 0 spiro atoms. The number of hydroxylamine groups is 2. The van der Waals surface area contributed by atoms with Crippen LogP contribution in [0.25, 0.3) is 0 Å². The Morgan fingerprint density at radius 3 is 2.72 bits per heavy atom. The average Bonchev–Trinajstić information content (AvgIpc) is 3.16. The summed E-state index contributed by atoms with van der Waals surface area (Å²) < 4.78 is 39.4. The Labute approximate surface area is 141 Å². The van der Waals surface area contributed by atoms with Crippen molar-refractivity contribution in [1.82, 2.24) is 15.0 Å². The second-order valence-electron chi connectivity index (χ2n) is 5.54. The molecule has 25 heavy (non-hydrogen) atoms. The molecule has 2 aliphatic heterocycles. The van der Waals surface area contributed by atoms with Crippen molar-refractivity contribution in [2.24, 2.45) is 5.84 Å². The number of imide groups is 1. The third kappa shape index (κ3) is 3.21. The predicted octanol–water partition coefficient (Wildman–Crippen LogP) is -0.875. The van der Waals surface area contributed by atoms with Crippen molar-refractivity contribution in [2.75, 3.05) is 6.54 Å². The molecular weight excluding hydrogens is 360 g/mol. The molecule has 136 valence electrons. The smallest absolute Gasteiger partial charge is 0.418 e. The van der Waals surface area contributed by atoms with Crippen LogP contribution in [0.2, 0.25) is 0 Å². The van der Waals surface area contributed by atoms with Gasteiger partial charge in [0.2, 0.25) is 0 Å². The van der Waals surface area contributed by atoms with Gasteiger partial charge in [0.1, 0.15) is 12.3 Å². The van der Waals surface area contributed by atoms with E-state index < -0.39 is 40.3 Å². The molecule has 3 N–H and O–H groups in total. The molecule has 1 aromatic rings. The number of hydrogen-bond donors (Lipinski definition) is 2. The van der Waals surface area contributed by atoms with Gasteiger partial charge in [-0.25, -0.2) is 15.6 Å². The topological polar surface area (TPSA) is 164 Å². The van der Waals surface area contributed by atoms with Gasteiger partial charge in [-0.3, -0.25) is 14.1 Å². The number of piperidine rings is 1. The van der Waals surface area contributed by atoms with Gasteiger partial charge in [0.05, 0.1) is 17.9 Å². The zero-order valence-corrected chi connectivity index (χ0v) is 13.5. The average molecular weight is 374 g/mol. The highest BCUT2D eigenvalue weighted by atomic mass is 32.3. The molecule has 1 aromatic heterocycles. The third-order valence-electron chi connectivity index (χ3n) is 4.01. The fourth-order valence-corrected chi connectivity index (χ4v) is 3.26. The molecule has 2 bridgehead atoms. The van der Waals surface area contributed by atoms with E-state index in [-0.39, 0.29) is 24.9 Å². The first-order valence-corrected chi connectivity index (χ1v) is 8.47. The van der Waals surface area contributed by atoms with E-state index in [0.717, 1.165) is 11.2 Å². The minimum Gasteiger partial charge on any atom is -0.472 e. The summed E-state index contributed by atoms with van der Waals surface area (Å²) in [5.74, 6) is 3.94. The number of hydrazine groups is 1. The van der Waals surface area contributed by atoms with Gasteiger partial charge in [-0.2, -0.15) is 13.5 Å². The van der Waals surface area contributed by atoms with Crippen LogP contribution in [0.1, 0.15) is 23.2 Å². The normalized spacial score (nSPS) is 23.0. The number of furan rings is 1. The number of amides is 4. The lowest BCUT2D eigenvalue weighted by Gasteiger charge is -2.31. The van der Waals surface area contributed by atoms with Crippen LogP contribution >= 0.6 is 0 Å². The third-order valence-corrected chi connectivity index (χ3v) is 4.36. The zero-order valence-electron chi connectivity index (χ0n) is 12.6. The Hall–Kier alpha value is -2.48. The highest BCUT2D eigenvalue weighted by Crippen LogP contribution is 2.31. The molecule has 4 amide bonds. The molecular formula is C12H14N4O8S. The monoisotopic (exact) mass is 374 g/mol. The SMILES string of the molecule is NN(C(=O)c1ccoc1)C(=O)C1CCC2CN1C(=O)N2OS(=O)(=O)O. The lowest BCUT2D eigenvalue weighted by Crippen LogP contribution is -2.55. The number of nitrogens with zero attached hydrogens (tertiary/aromatic N) is 3. The molecule has 12 nitrogen and oxygen atoms in total. The maximum absolute atomic E-state index is 12.5. The Balaban J connectivity index is 1.75. The summed E-state index contributed by atoms with van der Waals surface area (Å²) in [6.45, 7) is -0.00149. The Kier molecular flexibility index (Phi) is 4.24. The highest BCUT2D eigenvalue weighted by Gasteiger charge is 2.50. The van der Waals surface area contributed by atoms with Crippen molar-refractivity contribution in [3.8, 4) is 0 Å². The van der Waals surface area contributed by atoms with Gasteiger partial charge >= 0.3 is 16.4 Å². The number of nitrogens with two attached hydrogens (primary N) is 1. The molecule has 2 fully saturated rings. The van der Waals surface area contributed by atoms with E-state index in [2.05, 4.69) is 4.28 Å². The molecule has 13 heteroatoms. The summed E-state index contributed by atoms with van der Waals surface area (Å²) in [5.41, 5.74) is 0.0635. The first-order chi connectivity index (χ1) is 11.7. The molecule has 2 unspecified atom stereocenters. The standard InChI is InChI=1S/C12H14N4O8S/c13-15(10(17)7-3-4-23-6-7)11(18)9-2-1-8-5-14(9)12(19)16(8)24-25(20,21)22/h3-4,6,8-9H,1-2,5,13H2,(H,20,21,22). The number of carbonyl (C=O) groups excluding carboxylic acids is 3. The molecule has 0 aliphatic carbocycles. The zero-order chi connectivity index (χ0) is 18.4. The summed E-state index contributed by atoms with van der Waals surface area (Å²) in [6, 6.07) is -1.29. The molecule has 2 aliphatic rings. The van der Waals surface area contributed by atoms with Crippen LogP contribution in [0, 0.1) is 0 Å². The summed E-state index contributed by atoms with van der Waals surface area (Å²) in [4.78, 5) is 37.9. The Bertz CT molecular complexity index is 807. The van der Waals surface area contributed by atoms with Crippen molar-refractivity contribution in [3.05, 3.63) is 24.2 Å². The van der Waals surface area contributed by atoms with Gasteiger partial charge in [-0.1, -0.05) is 0 Å². The molecule has 2 atom stereocenters. The van der Waals surface area contributed by atoms with E-state index in [4.69, 9.17) is 14.8 Å². The summed E-state index contributed by atoms with van der Waals surface area (Å²) >= 11 is 0. The summed E-state index contributed by atoms with van der Waals surface area (Å²) in [6.07, 6.45) is 2.73. The lowest BCUT2D eigenvalue weighted by molar-refractivity contribution is -0.134. The second-order valence-corrected chi connectivity index (χ2v) is 6.54. The Morgan fingerprint density at radius 1 is 1.40 bits per heavy atom. The van der Waals surface area contributed by atoms with Crippen LogP contribution < -0.4 is 5.84 Å². The summed E-state index contributed by atoms with van der Waals surface area (Å²) in [7, 11) is -4.88. The van der Waals surface area contributed by atoms with Crippen LogP contribution in [0.3, 0.4) is 0 Å². The van der Waals surface area contributed by atoms with Gasteiger partial charge in [0, 0.05) is 6.54 Å². The number of rotatable bonds is 4. The van der Waals surface area contributed by atoms with Crippen molar-refractivity contribution in [2.45, 2.75) is 24.9 Å². The number of fused-ring (bicyclic) bond motifs is 2. The van der Waals surface area contributed by atoms with Crippen molar-refractivity contribution in [1.29, 1.82) is 0 Å². The minimum atomic E-state index is -4.88. The van der Waals surface area contributed by atoms with Gasteiger partial charge in [0.25, 0.3) is 11.8 Å². The molecule has 0 aromatic carbocycles. The largest absolute Gasteiger partial charge is 0.472 e. The first kappa shape index (κ1) is 17.3. The quantitative estimate of drug-likeness (QED) is 0.224. The van der Waals surface area contributed by atoms with E-state index in [1.807, 2.05) is 0 Å². The van der Waals surface area contributed by atoms with Crippen molar-refractivity contribution in [3.63, 3.8) is 0 Å². The van der Waals surface area contributed by atoms with Crippen LogP contribution in [-0.2, 0) is 19.5 Å². The molecule has 2 saturated heterocycles. The van der Waals surface area contributed by atoms with Gasteiger partial charge in [-0.05, 0) is 18.9 Å². The van der Waals surface area contributed by atoms with E-state index in [1.165, 1.54) is 12.3 Å². The van der Waals surface area contributed by atoms with Gasteiger partial charge in [0.15, 0.2) is 0 Å². The fourth-order valence-electron chi connectivity index (χ4n) is 2.87. The minimum absolute atomic E-state index is 0.00149. The maximum atomic E-state index is 12.5. The molecule has 3 rings (SSSR count). The molecule has 3 heterocycles. The summed E-state index contributed by atoms with van der Waals surface area (Å²) in [5, 5.41) is 0.886. The van der Waals surface area contributed by atoms with E-state index in [9.17, 15) is 22.8 Å². The second kappa shape index (κ2) is 6.11. The van der Waals surface area contributed by atoms with Gasteiger partial charge < -0.3 is 9.32 Å². The van der Waals surface area contributed by atoms with Crippen LogP contribution in [-0.4, -0.2) is 64.4 Å². The number of hydrogen-bond acceptors (Lipinski definition) is 8.